The summed E-state index contributed by atoms with van der Waals surface area (Å²) in [5, 5.41) is 0. The van der Waals surface area contributed by atoms with Crippen molar-refractivity contribution in [2.45, 2.75) is 65.9 Å². The summed E-state index contributed by atoms with van der Waals surface area (Å²) in [5.41, 5.74) is 0. The molecule has 0 aliphatic heterocycles. The first-order chi connectivity index (χ1) is 9.24. The van der Waals surface area contributed by atoms with Crippen LogP contribution in [0, 0.1) is 5.92 Å². The van der Waals surface area contributed by atoms with Gasteiger partial charge in [0.2, 0.25) is 15.9 Å². The molecule has 20 heavy (non-hydrogen) atoms. The molecule has 0 rings (SSSR count). The number of carbonyl (C=O) groups is 1. The Morgan fingerprint density at radius 1 is 1.00 bits per heavy atom. The number of rotatable bonds is 11. The van der Waals surface area contributed by atoms with Gasteiger partial charge in [0.1, 0.15) is 0 Å². The van der Waals surface area contributed by atoms with E-state index < -0.39 is 15.9 Å². The molecule has 0 aromatic rings. The summed E-state index contributed by atoms with van der Waals surface area (Å²) >= 11 is 0. The van der Waals surface area contributed by atoms with Crippen LogP contribution in [0.3, 0.4) is 0 Å². The topological polar surface area (TPSA) is 72.5 Å². The van der Waals surface area contributed by atoms with E-state index in [1.165, 1.54) is 0 Å². The van der Waals surface area contributed by atoms with E-state index in [-0.39, 0.29) is 17.8 Å². The van der Waals surface area contributed by atoms with Crippen LogP contribution in [0.15, 0.2) is 0 Å². The van der Waals surface area contributed by atoms with Crippen molar-refractivity contribution in [3.63, 3.8) is 0 Å². The molecule has 0 saturated heterocycles. The maximum Gasteiger partial charge on any atom is 0.235 e. The summed E-state index contributed by atoms with van der Waals surface area (Å²) in [5.74, 6) is -0.727. The van der Waals surface area contributed by atoms with Crippen molar-refractivity contribution < 1.29 is 17.9 Å². The Balaban J connectivity index is 3.61. The molecule has 0 aliphatic carbocycles. The predicted octanol–water partition coefficient (Wildman–Crippen LogP) is 2.46. The Bertz CT molecular complexity index is 363. The average molecular weight is 307 g/mol. The fourth-order valence-corrected chi connectivity index (χ4v) is 2.79. The monoisotopic (exact) mass is 307 g/mol. The van der Waals surface area contributed by atoms with Crippen molar-refractivity contribution in [2.24, 2.45) is 5.92 Å². The van der Waals surface area contributed by atoms with Gasteiger partial charge in [-0.15, -0.1) is 0 Å². The van der Waals surface area contributed by atoms with E-state index >= 15 is 0 Å². The molecule has 5 nitrogen and oxygen atoms in total. The third-order valence-corrected chi connectivity index (χ3v) is 4.13. The van der Waals surface area contributed by atoms with Crippen LogP contribution in [0.1, 0.15) is 59.8 Å². The lowest BCUT2D eigenvalue weighted by Gasteiger charge is -2.09. The molecule has 0 radical (unpaired) electrons. The second-order valence-corrected chi connectivity index (χ2v) is 7.47. The smallest absolute Gasteiger partial charge is 0.235 e. The lowest BCUT2D eigenvalue weighted by Crippen LogP contribution is -2.35. The van der Waals surface area contributed by atoms with E-state index in [2.05, 4.69) is 4.72 Å². The molecule has 120 valence electrons. The number of amides is 1. The van der Waals surface area contributed by atoms with Crippen LogP contribution >= 0.6 is 0 Å². The van der Waals surface area contributed by atoms with Gasteiger partial charge in [0, 0.05) is 12.5 Å². The highest BCUT2D eigenvalue weighted by Crippen LogP contribution is 2.06. The third kappa shape index (κ3) is 11.2. The molecule has 1 N–H and O–H groups in total. The molecule has 0 heterocycles. The molecule has 0 spiro atoms. The number of unbranched alkanes of at least 4 members (excludes halogenated alkanes) is 4. The second-order valence-electron chi connectivity index (χ2n) is 5.63. The molecule has 0 aromatic heterocycles. The van der Waals surface area contributed by atoms with Crippen LogP contribution < -0.4 is 4.72 Å². The van der Waals surface area contributed by atoms with Crippen molar-refractivity contribution >= 4 is 15.9 Å². The van der Waals surface area contributed by atoms with Gasteiger partial charge in [0.15, 0.2) is 0 Å². The Labute approximate surface area is 123 Å². The van der Waals surface area contributed by atoms with Gasteiger partial charge < -0.3 is 4.74 Å². The lowest BCUT2D eigenvalue weighted by molar-refractivity contribution is -0.122. The van der Waals surface area contributed by atoms with Crippen LogP contribution in [-0.2, 0) is 19.6 Å². The van der Waals surface area contributed by atoms with E-state index in [0.29, 0.717) is 6.42 Å². The van der Waals surface area contributed by atoms with Gasteiger partial charge in [-0.2, -0.15) is 0 Å². The Hall–Kier alpha value is -0.620. The molecule has 0 bridgehead atoms. The highest BCUT2D eigenvalue weighted by Gasteiger charge is 2.16. The second kappa shape index (κ2) is 10.2. The first-order valence-electron chi connectivity index (χ1n) is 7.40. The van der Waals surface area contributed by atoms with Gasteiger partial charge in [0.05, 0.1) is 11.9 Å². The molecule has 0 aromatic carbocycles. The third-order valence-electron chi connectivity index (χ3n) is 2.79. The van der Waals surface area contributed by atoms with E-state index in [1.54, 1.807) is 13.8 Å². The quantitative estimate of drug-likeness (QED) is 0.595. The number of sulfonamides is 1. The first kappa shape index (κ1) is 19.4. The Morgan fingerprint density at radius 2 is 1.55 bits per heavy atom. The van der Waals surface area contributed by atoms with Crippen LogP contribution in [-0.4, -0.2) is 32.8 Å². The maximum atomic E-state index is 11.6. The van der Waals surface area contributed by atoms with Gasteiger partial charge in [-0.1, -0.05) is 33.1 Å². The van der Waals surface area contributed by atoms with Crippen LogP contribution in [0.25, 0.3) is 0 Å². The minimum Gasteiger partial charge on any atom is -0.379 e. The minimum absolute atomic E-state index is 0.0218. The van der Waals surface area contributed by atoms with Gasteiger partial charge in [0.25, 0.3) is 0 Å². The van der Waals surface area contributed by atoms with E-state index in [0.717, 1.165) is 32.3 Å². The number of hydrogen-bond donors (Lipinski definition) is 1. The highest BCUT2D eigenvalue weighted by molar-refractivity contribution is 7.90. The van der Waals surface area contributed by atoms with Crippen molar-refractivity contribution in [2.75, 3.05) is 12.4 Å². The van der Waals surface area contributed by atoms with Crippen molar-refractivity contribution in [3.05, 3.63) is 0 Å². The fraction of sp³-hybridized carbons (Fsp3) is 0.929. The molecule has 1 amide bonds. The lowest BCUT2D eigenvalue weighted by atomic mass is 10.2. The van der Waals surface area contributed by atoms with Gasteiger partial charge in [-0.25, -0.2) is 8.42 Å². The first-order valence-corrected chi connectivity index (χ1v) is 9.05. The zero-order valence-corrected chi connectivity index (χ0v) is 14.0. The van der Waals surface area contributed by atoms with Gasteiger partial charge >= 0.3 is 0 Å². The van der Waals surface area contributed by atoms with E-state index in [9.17, 15) is 13.2 Å². The van der Waals surface area contributed by atoms with Gasteiger partial charge in [-0.05, 0) is 26.7 Å². The summed E-state index contributed by atoms with van der Waals surface area (Å²) in [7, 11) is -3.46. The molecular weight excluding hydrogens is 278 g/mol. The van der Waals surface area contributed by atoms with Crippen molar-refractivity contribution in [3.8, 4) is 0 Å². The number of carbonyl (C=O) groups excluding carboxylic acids is 1. The minimum atomic E-state index is -3.46. The van der Waals surface area contributed by atoms with E-state index in [4.69, 9.17) is 4.74 Å². The largest absolute Gasteiger partial charge is 0.379 e. The zero-order valence-electron chi connectivity index (χ0n) is 13.1. The summed E-state index contributed by atoms with van der Waals surface area (Å²) in [4.78, 5) is 11.3. The fourth-order valence-electron chi connectivity index (χ4n) is 1.57. The highest BCUT2D eigenvalue weighted by atomic mass is 32.2. The summed E-state index contributed by atoms with van der Waals surface area (Å²) < 4.78 is 30.7. The molecule has 0 saturated carbocycles. The maximum absolute atomic E-state index is 11.6. The van der Waals surface area contributed by atoms with Crippen LogP contribution in [0.4, 0.5) is 0 Å². The van der Waals surface area contributed by atoms with E-state index in [1.807, 2.05) is 13.8 Å². The van der Waals surface area contributed by atoms with Gasteiger partial charge in [-0.3, -0.25) is 9.52 Å². The van der Waals surface area contributed by atoms with Crippen LogP contribution in [0.2, 0.25) is 0 Å². The summed E-state index contributed by atoms with van der Waals surface area (Å²) in [6.45, 7) is 8.13. The Kier molecular flexibility index (Phi) is 9.84. The molecule has 0 aliphatic rings. The molecule has 6 heteroatoms. The normalized spacial score (nSPS) is 12.1. The standard InChI is InChI=1S/C14H29NO4S/c1-12(2)14(16)15-20(17,18)11-9-7-5-6-8-10-19-13(3)4/h12-13H,5-11H2,1-4H3,(H,15,16). The number of hydrogen-bond acceptors (Lipinski definition) is 4. The van der Waals surface area contributed by atoms with Crippen molar-refractivity contribution in [1.29, 1.82) is 0 Å². The van der Waals surface area contributed by atoms with Crippen molar-refractivity contribution in [1.82, 2.24) is 4.72 Å². The number of ether oxygens (including phenoxy) is 1. The number of nitrogens with one attached hydrogen (secondary N) is 1. The molecule has 0 fully saturated rings. The summed E-state index contributed by atoms with van der Waals surface area (Å²) in [6.07, 6.45) is 4.77. The summed E-state index contributed by atoms with van der Waals surface area (Å²) in [6, 6.07) is 0. The predicted molar refractivity (Wildman–Crippen MR) is 80.9 cm³/mol. The molecular formula is C14H29NO4S. The zero-order chi connectivity index (χ0) is 15.6. The molecule has 0 atom stereocenters. The SMILES string of the molecule is CC(C)OCCCCCCCS(=O)(=O)NC(=O)C(C)C. The molecule has 0 unspecified atom stereocenters. The van der Waals surface area contributed by atoms with Crippen LogP contribution in [0.5, 0.6) is 0 Å². The average Bonchev–Trinajstić information content (AvgIpc) is 2.31. The Morgan fingerprint density at radius 3 is 2.10 bits per heavy atom.